The zero-order valence-corrected chi connectivity index (χ0v) is 18.5. The molecule has 6 heteroatoms. The Bertz CT molecular complexity index is 930. The fraction of sp³-hybridized carbons (Fsp3) is 0.440. The monoisotopic (exact) mass is 439 g/mol. The molecule has 1 aliphatic heterocycles. The minimum absolute atomic E-state index is 0.00246. The summed E-state index contributed by atoms with van der Waals surface area (Å²) in [6.45, 7) is 2.53. The number of likely N-dealkylation sites (tertiary alicyclic amines) is 1. The molecule has 1 saturated heterocycles. The molecule has 1 saturated carbocycles. The first kappa shape index (κ1) is 21.8. The van der Waals surface area contributed by atoms with Gasteiger partial charge in [0.2, 0.25) is 11.8 Å². The number of nitrogens with one attached hydrogen (secondary N) is 1. The van der Waals surface area contributed by atoms with Crippen molar-refractivity contribution in [2.75, 3.05) is 18.4 Å². The molecule has 1 aliphatic carbocycles. The number of hydrogen-bond donors (Lipinski definition) is 2. The standard InChI is InChI=1S/C25H30ClN3O2/c26-21-8-6-20(7-9-21)25(12-1-2-13-25)24(31)28-22-5-3-4-18(16-22)17-29-14-10-19(11-15-29)23(27)30/h3-9,16,19H,1-2,10-15,17H2,(H2,27,30)(H,28,31). The number of carbonyl (C=O) groups excluding carboxylic acids is 2. The first-order chi connectivity index (χ1) is 15.0. The van der Waals surface area contributed by atoms with E-state index in [1.807, 2.05) is 36.4 Å². The third kappa shape index (κ3) is 4.94. The Hall–Kier alpha value is -2.37. The number of nitrogens with zero attached hydrogens (tertiary/aromatic N) is 1. The van der Waals surface area contributed by atoms with Gasteiger partial charge in [-0.05, 0) is 74.2 Å². The van der Waals surface area contributed by atoms with Crippen molar-refractivity contribution in [3.05, 3.63) is 64.7 Å². The quantitative estimate of drug-likeness (QED) is 0.696. The normalized spacial score (nSPS) is 19.3. The van der Waals surface area contributed by atoms with E-state index in [4.69, 9.17) is 17.3 Å². The van der Waals surface area contributed by atoms with Crippen LogP contribution in [0.4, 0.5) is 5.69 Å². The van der Waals surface area contributed by atoms with E-state index in [-0.39, 0.29) is 17.7 Å². The molecule has 2 amide bonds. The lowest BCUT2D eigenvalue weighted by Crippen LogP contribution is -2.38. The fourth-order valence-electron chi connectivity index (χ4n) is 5.03. The van der Waals surface area contributed by atoms with Crippen LogP contribution in [0.2, 0.25) is 5.02 Å². The van der Waals surface area contributed by atoms with Crippen LogP contribution in [0.3, 0.4) is 0 Å². The lowest BCUT2D eigenvalue weighted by molar-refractivity contribution is -0.123. The van der Waals surface area contributed by atoms with Gasteiger partial charge >= 0.3 is 0 Å². The topological polar surface area (TPSA) is 75.4 Å². The highest BCUT2D eigenvalue weighted by molar-refractivity contribution is 6.30. The van der Waals surface area contributed by atoms with Crippen LogP contribution in [-0.2, 0) is 21.5 Å². The van der Waals surface area contributed by atoms with Crippen molar-refractivity contribution in [1.29, 1.82) is 0 Å². The van der Waals surface area contributed by atoms with Gasteiger partial charge in [-0.25, -0.2) is 0 Å². The Labute approximate surface area is 188 Å². The van der Waals surface area contributed by atoms with Crippen LogP contribution in [0.1, 0.15) is 49.7 Å². The first-order valence-electron chi connectivity index (χ1n) is 11.1. The van der Waals surface area contributed by atoms with Crippen molar-refractivity contribution in [3.63, 3.8) is 0 Å². The number of benzene rings is 2. The zero-order valence-electron chi connectivity index (χ0n) is 17.8. The van der Waals surface area contributed by atoms with Gasteiger partial charge in [0.1, 0.15) is 0 Å². The van der Waals surface area contributed by atoms with Gasteiger partial charge in [-0.1, -0.05) is 48.7 Å². The average Bonchev–Trinajstić information content (AvgIpc) is 3.26. The number of amides is 2. The van der Waals surface area contributed by atoms with E-state index in [1.54, 1.807) is 0 Å². The SMILES string of the molecule is NC(=O)C1CCN(Cc2cccc(NC(=O)C3(c4ccc(Cl)cc4)CCCC3)c2)CC1. The smallest absolute Gasteiger partial charge is 0.235 e. The zero-order chi connectivity index (χ0) is 21.8. The van der Waals surface area contributed by atoms with Gasteiger partial charge in [0.05, 0.1) is 5.41 Å². The number of anilines is 1. The molecule has 0 unspecified atom stereocenters. The van der Waals surface area contributed by atoms with Gasteiger partial charge in [0.25, 0.3) is 0 Å². The summed E-state index contributed by atoms with van der Waals surface area (Å²) in [6, 6.07) is 15.8. The molecule has 0 aromatic heterocycles. The fourth-order valence-corrected chi connectivity index (χ4v) is 5.15. The van der Waals surface area contributed by atoms with E-state index in [1.165, 1.54) is 0 Å². The molecule has 2 aromatic carbocycles. The van der Waals surface area contributed by atoms with Crippen molar-refractivity contribution in [2.24, 2.45) is 11.7 Å². The van der Waals surface area contributed by atoms with E-state index >= 15 is 0 Å². The summed E-state index contributed by atoms with van der Waals surface area (Å²) in [5, 5.41) is 3.87. The Kier molecular flexibility index (Phi) is 6.63. The maximum atomic E-state index is 13.4. The largest absolute Gasteiger partial charge is 0.369 e. The number of nitrogens with two attached hydrogens (primary N) is 1. The summed E-state index contributed by atoms with van der Waals surface area (Å²) in [5.41, 5.74) is 7.98. The van der Waals surface area contributed by atoms with Gasteiger partial charge in [-0.3, -0.25) is 14.5 Å². The highest BCUT2D eigenvalue weighted by atomic mass is 35.5. The van der Waals surface area contributed by atoms with Crippen molar-refractivity contribution in [3.8, 4) is 0 Å². The van der Waals surface area contributed by atoms with Crippen molar-refractivity contribution in [1.82, 2.24) is 4.90 Å². The predicted molar refractivity (Wildman–Crippen MR) is 124 cm³/mol. The van der Waals surface area contributed by atoms with Crippen LogP contribution in [-0.4, -0.2) is 29.8 Å². The van der Waals surface area contributed by atoms with Gasteiger partial charge in [-0.15, -0.1) is 0 Å². The summed E-state index contributed by atoms with van der Waals surface area (Å²) in [4.78, 5) is 27.1. The number of rotatable bonds is 6. The molecule has 4 rings (SSSR count). The van der Waals surface area contributed by atoms with Gasteiger partial charge in [-0.2, -0.15) is 0 Å². The minimum atomic E-state index is -0.489. The second-order valence-corrected chi connectivity index (χ2v) is 9.34. The molecular formula is C25H30ClN3O2. The van der Waals surface area contributed by atoms with Crippen molar-refractivity contribution in [2.45, 2.75) is 50.5 Å². The molecule has 5 nitrogen and oxygen atoms in total. The number of halogens is 1. The summed E-state index contributed by atoms with van der Waals surface area (Å²) in [5.74, 6) is -0.130. The number of hydrogen-bond acceptors (Lipinski definition) is 3. The summed E-state index contributed by atoms with van der Waals surface area (Å²) in [6.07, 6.45) is 5.45. The van der Waals surface area contributed by atoms with E-state index < -0.39 is 5.41 Å². The molecule has 2 fully saturated rings. The van der Waals surface area contributed by atoms with Crippen LogP contribution in [0, 0.1) is 5.92 Å². The van der Waals surface area contributed by atoms with Gasteiger partial charge in [0.15, 0.2) is 0 Å². The molecular weight excluding hydrogens is 410 g/mol. The van der Waals surface area contributed by atoms with Crippen molar-refractivity contribution >= 4 is 29.1 Å². The average molecular weight is 440 g/mol. The Morgan fingerprint density at radius 3 is 2.39 bits per heavy atom. The first-order valence-corrected chi connectivity index (χ1v) is 11.5. The molecule has 2 aliphatic rings. The minimum Gasteiger partial charge on any atom is -0.369 e. The Balaban J connectivity index is 1.44. The van der Waals surface area contributed by atoms with E-state index in [2.05, 4.69) is 22.3 Å². The number of piperidine rings is 1. The van der Waals surface area contributed by atoms with Crippen LogP contribution < -0.4 is 11.1 Å². The summed E-state index contributed by atoms with van der Waals surface area (Å²) in [7, 11) is 0. The molecule has 31 heavy (non-hydrogen) atoms. The third-order valence-corrected chi connectivity index (χ3v) is 7.12. The van der Waals surface area contributed by atoms with Crippen LogP contribution in [0.25, 0.3) is 0 Å². The van der Waals surface area contributed by atoms with E-state index in [0.29, 0.717) is 5.02 Å². The molecule has 1 heterocycles. The highest BCUT2D eigenvalue weighted by Crippen LogP contribution is 2.42. The Morgan fingerprint density at radius 1 is 1.06 bits per heavy atom. The van der Waals surface area contributed by atoms with Gasteiger partial charge < -0.3 is 11.1 Å². The molecule has 2 aromatic rings. The number of primary amides is 1. The molecule has 0 spiro atoms. The summed E-state index contributed by atoms with van der Waals surface area (Å²) >= 11 is 6.07. The lowest BCUT2D eigenvalue weighted by atomic mass is 9.78. The maximum absolute atomic E-state index is 13.4. The van der Waals surface area contributed by atoms with Crippen LogP contribution in [0.15, 0.2) is 48.5 Å². The molecule has 0 radical (unpaired) electrons. The van der Waals surface area contributed by atoms with Crippen LogP contribution >= 0.6 is 11.6 Å². The Morgan fingerprint density at radius 2 is 1.74 bits per heavy atom. The van der Waals surface area contributed by atoms with E-state index in [9.17, 15) is 9.59 Å². The second-order valence-electron chi connectivity index (χ2n) is 8.90. The number of carbonyl (C=O) groups is 2. The van der Waals surface area contributed by atoms with Crippen molar-refractivity contribution < 1.29 is 9.59 Å². The summed E-state index contributed by atoms with van der Waals surface area (Å²) < 4.78 is 0. The molecule has 0 atom stereocenters. The molecule has 164 valence electrons. The highest BCUT2D eigenvalue weighted by Gasteiger charge is 2.42. The van der Waals surface area contributed by atoms with E-state index in [0.717, 1.165) is 75.0 Å². The predicted octanol–water partition coefficient (Wildman–Crippen LogP) is 4.49. The molecule has 0 bridgehead atoms. The lowest BCUT2D eigenvalue weighted by Gasteiger charge is -2.30. The van der Waals surface area contributed by atoms with Crippen LogP contribution in [0.5, 0.6) is 0 Å². The maximum Gasteiger partial charge on any atom is 0.235 e. The second kappa shape index (κ2) is 9.41. The van der Waals surface area contributed by atoms with Gasteiger partial charge in [0, 0.05) is 23.2 Å². The third-order valence-electron chi connectivity index (χ3n) is 6.87. The molecule has 3 N–H and O–H groups in total.